The van der Waals surface area contributed by atoms with Crippen molar-refractivity contribution < 1.29 is 29.6 Å². The van der Waals surface area contributed by atoms with Crippen LogP contribution in [0.5, 0.6) is 0 Å². The molecule has 142 valence electrons. The molecule has 0 unspecified atom stereocenters. The zero-order valence-electron chi connectivity index (χ0n) is 14.5. The molecule has 0 amide bonds. The van der Waals surface area contributed by atoms with Crippen LogP contribution in [0.1, 0.15) is 27.0 Å². The first kappa shape index (κ1) is 19.8. The monoisotopic (exact) mass is 359 g/mol. The summed E-state index contributed by atoms with van der Waals surface area (Å²) in [6.45, 7) is 6.50. The van der Waals surface area contributed by atoms with Crippen LogP contribution in [0.3, 0.4) is 0 Å². The molecule has 1 aliphatic rings. The normalized spacial score (nSPS) is 26.8. The summed E-state index contributed by atoms with van der Waals surface area (Å²) >= 11 is 0. The second-order valence-electron chi connectivity index (χ2n) is 6.37. The smallest absolute Gasteiger partial charge is 0.351 e. The average molecular weight is 359 g/mol. The summed E-state index contributed by atoms with van der Waals surface area (Å²) in [5.74, 6) is -0.0349. The minimum absolute atomic E-state index is 0.0314. The minimum atomic E-state index is -1.32. The van der Waals surface area contributed by atoms with Crippen molar-refractivity contribution >= 4 is 5.82 Å². The van der Waals surface area contributed by atoms with Crippen LogP contribution in [0.2, 0.25) is 0 Å². The van der Waals surface area contributed by atoms with Crippen molar-refractivity contribution in [2.45, 2.75) is 50.9 Å². The van der Waals surface area contributed by atoms with E-state index >= 15 is 0 Å². The van der Waals surface area contributed by atoms with Gasteiger partial charge in [0.25, 0.3) is 0 Å². The molecule has 10 heteroatoms. The maximum atomic E-state index is 11.9. The Labute approximate surface area is 144 Å². The van der Waals surface area contributed by atoms with E-state index in [9.17, 15) is 15.0 Å². The molecule has 0 spiro atoms. The van der Waals surface area contributed by atoms with E-state index in [1.54, 1.807) is 5.48 Å². The molecule has 25 heavy (non-hydrogen) atoms. The van der Waals surface area contributed by atoms with Crippen molar-refractivity contribution in [2.24, 2.45) is 0 Å². The molecule has 10 nitrogen and oxygen atoms in total. The summed E-state index contributed by atoms with van der Waals surface area (Å²) in [5.41, 5.74) is 0.534. The van der Waals surface area contributed by atoms with Gasteiger partial charge in [0.15, 0.2) is 12.0 Å². The number of aliphatic hydroxyl groups excluding tert-OH is 2. The van der Waals surface area contributed by atoms with E-state index in [1.165, 1.54) is 12.3 Å². The molecule has 4 atom stereocenters. The summed E-state index contributed by atoms with van der Waals surface area (Å²) in [5, 5.41) is 29.1. The van der Waals surface area contributed by atoms with Crippen LogP contribution in [0.25, 0.3) is 0 Å². The number of aromatic nitrogens is 2. The van der Waals surface area contributed by atoms with E-state index < -0.39 is 35.8 Å². The number of anilines is 1. The number of aliphatic hydroxyl groups is 2. The van der Waals surface area contributed by atoms with Crippen molar-refractivity contribution in [3.8, 4) is 0 Å². The van der Waals surface area contributed by atoms with Gasteiger partial charge in [-0.05, 0) is 26.8 Å². The Morgan fingerprint density at radius 2 is 2.12 bits per heavy atom. The SMILES string of the molecule is CCOC(C)(C)COC[C@H]1O[C@@H](n2ccc(NO)nc2=O)[C@H](O)[C@@H]1O. The molecular formula is C15H25N3O7. The molecule has 0 saturated carbocycles. The standard InChI is InChI=1S/C15H25N3O7/c1-4-24-15(2,3)8-23-7-9-11(19)12(20)13(25-9)18-6-5-10(17-22)16-14(18)21/h5-6,9,11-13,19-20,22H,4,7-8H2,1-3H3,(H,16,17,21)/t9-,11-,12-,13-/m1/s1. The predicted octanol–water partition coefficient (Wildman–Crippen LogP) is -0.505. The minimum Gasteiger partial charge on any atom is -0.387 e. The molecule has 2 rings (SSSR count). The van der Waals surface area contributed by atoms with Gasteiger partial charge in [-0.25, -0.2) is 4.79 Å². The molecule has 1 aromatic rings. The summed E-state index contributed by atoms with van der Waals surface area (Å²) in [6, 6.07) is 1.33. The fourth-order valence-electron chi connectivity index (χ4n) is 2.62. The highest BCUT2D eigenvalue weighted by molar-refractivity contribution is 5.28. The highest BCUT2D eigenvalue weighted by Crippen LogP contribution is 2.28. The summed E-state index contributed by atoms with van der Waals surface area (Å²) in [6.07, 6.45) is -3.14. The van der Waals surface area contributed by atoms with Crippen LogP contribution in [0.15, 0.2) is 17.1 Å². The van der Waals surface area contributed by atoms with Gasteiger partial charge < -0.3 is 24.4 Å². The third kappa shape index (κ3) is 4.75. The molecule has 0 aromatic carbocycles. The molecule has 0 bridgehead atoms. The molecular weight excluding hydrogens is 334 g/mol. The lowest BCUT2D eigenvalue weighted by atomic mass is 10.1. The maximum Gasteiger partial charge on any atom is 0.351 e. The van der Waals surface area contributed by atoms with E-state index in [-0.39, 0.29) is 19.0 Å². The third-order valence-corrected chi connectivity index (χ3v) is 3.82. The van der Waals surface area contributed by atoms with Gasteiger partial charge in [0.1, 0.15) is 18.3 Å². The second kappa shape index (κ2) is 8.21. The topological polar surface area (TPSA) is 135 Å². The van der Waals surface area contributed by atoms with Crippen LogP contribution >= 0.6 is 0 Å². The quantitative estimate of drug-likeness (QED) is 0.453. The lowest BCUT2D eigenvalue weighted by molar-refractivity contribution is -0.107. The van der Waals surface area contributed by atoms with Gasteiger partial charge in [-0.1, -0.05) is 0 Å². The van der Waals surface area contributed by atoms with Gasteiger partial charge in [0, 0.05) is 12.8 Å². The van der Waals surface area contributed by atoms with Gasteiger partial charge in [0.2, 0.25) is 0 Å². The van der Waals surface area contributed by atoms with Crippen LogP contribution in [0, 0.1) is 0 Å². The molecule has 1 saturated heterocycles. The van der Waals surface area contributed by atoms with Crippen molar-refractivity contribution in [2.75, 3.05) is 25.3 Å². The number of hydrogen-bond acceptors (Lipinski definition) is 9. The van der Waals surface area contributed by atoms with E-state index in [1.807, 2.05) is 20.8 Å². The van der Waals surface area contributed by atoms with Crippen molar-refractivity contribution in [3.05, 3.63) is 22.7 Å². The van der Waals surface area contributed by atoms with Crippen LogP contribution in [0.4, 0.5) is 5.82 Å². The number of nitrogens with zero attached hydrogens (tertiary/aromatic N) is 2. The lowest BCUT2D eigenvalue weighted by Gasteiger charge is -2.25. The van der Waals surface area contributed by atoms with Crippen molar-refractivity contribution in [1.29, 1.82) is 0 Å². The van der Waals surface area contributed by atoms with Gasteiger partial charge in [-0.3, -0.25) is 15.3 Å². The first-order valence-corrected chi connectivity index (χ1v) is 8.01. The van der Waals surface area contributed by atoms with Crippen LogP contribution in [-0.2, 0) is 14.2 Å². The van der Waals surface area contributed by atoms with Crippen molar-refractivity contribution in [3.63, 3.8) is 0 Å². The summed E-state index contributed by atoms with van der Waals surface area (Å²) < 4.78 is 17.7. The van der Waals surface area contributed by atoms with Gasteiger partial charge >= 0.3 is 5.69 Å². The molecule has 1 aliphatic heterocycles. The summed E-state index contributed by atoms with van der Waals surface area (Å²) in [7, 11) is 0. The van der Waals surface area contributed by atoms with Gasteiger partial charge in [-0.15, -0.1) is 0 Å². The number of rotatable bonds is 8. The van der Waals surface area contributed by atoms with Crippen LogP contribution < -0.4 is 11.2 Å². The Balaban J connectivity index is 2.00. The Morgan fingerprint density at radius 1 is 1.40 bits per heavy atom. The molecule has 2 heterocycles. The first-order valence-electron chi connectivity index (χ1n) is 8.01. The molecule has 4 N–H and O–H groups in total. The molecule has 0 aliphatic carbocycles. The number of nitrogens with one attached hydrogen (secondary N) is 1. The highest BCUT2D eigenvalue weighted by Gasteiger charge is 2.44. The van der Waals surface area contributed by atoms with Gasteiger partial charge in [0.05, 0.1) is 18.8 Å². The Hall–Kier alpha value is -1.56. The molecule has 1 aromatic heterocycles. The van der Waals surface area contributed by atoms with Crippen LogP contribution in [-0.4, -0.2) is 68.7 Å². The fraction of sp³-hybridized carbons (Fsp3) is 0.733. The maximum absolute atomic E-state index is 11.9. The second-order valence-corrected chi connectivity index (χ2v) is 6.37. The van der Waals surface area contributed by atoms with Gasteiger partial charge in [-0.2, -0.15) is 4.98 Å². The van der Waals surface area contributed by atoms with E-state index in [4.69, 9.17) is 19.4 Å². The van der Waals surface area contributed by atoms with Crippen molar-refractivity contribution in [1.82, 2.24) is 9.55 Å². The summed E-state index contributed by atoms with van der Waals surface area (Å²) in [4.78, 5) is 15.5. The van der Waals surface area contributed by atoms with E-state index in [0.717, 1.165) is 4.57 Å². The zero-order valence-corrected chi connectivity index (χ0v) is 14.5. The Morgan fingerprint density at radius 3 is 2.72 bits per heavy atom. The highest BCUT2D eigenvalue weighted by atomic mass is 16.6. The number of hydrogen-bond donors (Lipinski definition) is 4. The van der Waals surface area contributed by atoms with E-state index in [2.05, 4.69) is 4.98 Å². The van der Waals surface area contributed by atoms with E-state index in [0.29, 0.717) is 6.61 Å². The lowest BCUT2D eigenvalue weighted by Crippen LogP contribution is -2.37. The average Bonchev–Trinajstić information content (AvgIpc) is 2.83. The third-order valence-electron chi connectivity index (χ3n) is 3.82. The Bertz CT molecular complexity index is 621. The Kier molecular flexibility index (Phi) is 6.49. The molecule has 1 fully saturated rings. The molecule has 0 radical (unpaired) electrons. The zero-order chi connectivity index (χ0) is 18.6. The predicted molar refractivity (Wildman–Crippen MR) is 86.4 cm³/mol. The number of ether oxygens (including phenoxy) is 3. The fourth-order valence-corrected chi connectivity index (χ4v) is 2.62. The largest absolute Gasteiger partial charge is 0.387 e. The first-order chi connectivity index (χ1) is 11.8.